The van der Waals surface area contributed by atoms with Crippen LogP contribution in [0.2, 0.25) is 0 Å². The molecule has 1 heterocycles. The van der Waals surface area contributed by atoms with Gasteiger partial charge >= 0.3 is 0 Å². The maximum absolute atomic E-state index is 12.5. The SMILES string of the molecule is CCC(O)CN1C(=O)CC(C)(c2ccccc2)C1=O. The second kappa shape index (κ2) is 5.13. The maximum Gasteiger partial charge on any atom is 0.240 e. The van der Waals surface area contributed by atoms with Gasteiger partial charge < -0.3 is 5.11 Å². The van der Waals surface area contributed by atoms with Crippen LogP contribution in [0.3, 0.4) is 0 Å². The van der Waals surface area contributed by atoms with E-state index in [2.05, 4.69) is 0 Å². The molecule has 0 saturated carbocycles. The van der Waals surface area contributed by atoms with E-state index in [0.717, 1.165) is 5.56 Å². The fourth-order valence-electron chi connectivity index (χ4n) is 2.44. The average molecular weight is 261 g/mol. The number of carbonyl (C=O) groups excluding carboxylic acids is 2. The average Bonchev–Trinajstić information content (AvgIpc) is 2.64. The van der Waals surface area contributed by atoms with Gasteiger partial charge in [-0.05, 0) is 18.9 Å². The molecule has 1 aliphatic rings. The van der Waals surface area contributed by atoms with Crippen LogP contribution in [0.5, 0.6) is 0 Å². The highest BCUT2D eigenvalue weighted by atomic mass is 16.3. The Morgan fingerprint density at radius 1 is 1.32 bits per heavy atom. The van der Waals surface area contributed by atoms with Crippen molar-refractivity contribution < 1.29 is 14.7 Å². The summed E-state index contributed by atoms with van der Waals surface area (Å²) in [4.78, 5) is 25.7. The summed E-state index contributed by atoms with van der Waals surface area (Å²) in [5.74, 6) is -0.417. The molecule has 19 heavy (non-hydrogen) atoms. The minimum absolute atomic E-state index is 0.0938. The number of aliphatic hydroxyl groups excluding tert-OH is 1. The molecule has 1 aromatic carbocycles. The first kappa shape index (κ1) is 13.7. The van der Waals surface area contributed by atoms with E-state index >= 15 is 0 Å². The number of imide groups is 1. The summed E-state index contributed by atoms with van der Waals surface area (Å²) in [5, 5.41) is 9.65. The zero-order valence-electron chi connectivity index (χ0n) is 11.3. The molecule has 1 aromatic rings. The molecule has 1 saturated heterocycles. The Bertz CT molecular complexity index is 485. The highest BCUT2D eigenvalue weighted by molar-refractivity contribution is 6.08. The first-order valence-corrected chi connectivity index (χ1v) is 6.57. The van der Waals surface area contributed by atoms with Crippen molar-refractivity contribution in [2.45, 2.75) is 38.2 Å². The smallest absolute Gasteiger partial charge is 0.240 e. The summed E-state index contributed by atoms with van der Waals surface area (Å²) in [6, 6.07) is 9.34. The predicted octanol–water partition coefficient (Wildman–Crippen LogP) is 1.47. The standard InChI is InChI=1S/C15H19NO3/c1-3-12(17)10-16-13(18)9-15(2,14(16)19)11-7-5-4-6-8-11/h4-8,12,17H,3,9-10H2,1-2H3. The van der Waals surface area contributed by atoms with Crippen LogP contribution < -0.4 is 0 Å². The Balaban J connectivity index is 2.27. The van der Waals surface area contributed by atoms with Gasteiger partial charge in [0, 0.05) is 6.42 Å². The molecule has 2 rings (SSSR count). The van der Waals surface area contributed by atoms with Crippen molar-refractivity contribution in [2.75, 3.05) is 6.54 Å². The molecule has 0 bridgehead atoms. The van der Waals surface area contributed by atoms with Crippen LogP contribution in [0.15, 0.2) is 30.3 Å². The molecule has 1 aliphatic heterocycles. The van der Waals surface area contributed by atoms with E-state index in [1.54, 1.807) is 6.92 Å². The third kappa shape index (κ3) is 2.40. The van der Waals surface area contributed by atoms with Crippen molar-refractivity contribution in [3.05, 3.63) is 35.9 Å². The first-order valence-electron chi connectivity index (χ1n) is 6.57. The van der Waals surface area contributed by atoms with Crippen LogP contribution in [0, 0.1) is 0 Å². The minimum atomic E-state index is -0.800. The Labute approximate surface area is 113 Å². The lowest BCUT2D eigenvalue weighted by Crippen LogP contribution is -2.40. The molecule has 2 unspecified atom stereocenters. The van der Waals surface area contributed by atoms with Crippen LogP contribution in [0.1, 0.15) is 32.3 Å². The van der Waals surface area contributed by atoms with Gasteiger partial charge in [0.1, 0.15) is 0 Å². The molecule has 1 N–H and O–H groups in total. The topological polar surface area (TPSA) is 57.6 Å². The number of rotatable bonds is 4. The van der Waals surface area contributed by atoms with Crippen molar-refractivity contribution >= 4 is 11.8 Å². The van der Waals surface area contributed by atoms with E-state index in [4.69, 9.17) is 0 Å². The number of aliphatic hydroxyl groups is 1. The number of hydrogen-bond donors (Lipinski definition) is 1. The van der Waals surface area contributed by atoms with Gasteiger partial charge in [-0.1, -0.05) is 37.3 Å². The van der Waals surface area contributed by atoms with Gasteiger partial charge in [-0.25, -0.2) is 0 Å². The van der Waals surface area contributed by atoms with Crippen molar-refractivity contribution in [1.82, 2.24) is 4.90 Å². The lowest BCUT2D eigenvalue weighted by molar-refractivity contribution is -0.141. The summed E-state index contributed by atoms with van der Waals surface area (Å²) in [6.45, 7) is 3.71. The van der Waals surface area contributed by atoms with E-state index < -0.39 is 11.5 Å². The number of amides is 2. The van der Waals surface area contributed by atoms with E-state index in [0.29, 0.717) is 6.42 Å². The molecule has 4 heteroatoms. The summed E-state index contributed by atoms with van der Waals surface area (Å²) >= 11 is 0. The molecule has 0 aromatic heterocycles. The van der Waals surface area contributed by atoms with Crippen molar-refractivity contribution in [3.63, 3.8) is 0 Å². The monoisotopic (exact) mass is 261 g/mol. The quantitative estimate of drug-likeness (QED) is 0.835. The largest absolute Gasteiger partial charge is 0.391 e. The highest BCUT2D eigenvalue weighted by Crippen LogP contribution is 2.36. The Hall–Kier alpha value is -1.68. The summed E-state index contributed by atoms with van der Waals surface area (Å²) in [5.41, 5.74) is 0.0491. The van der Waals surface area contributed by atoms with Gasteiger partial charge in [-0.2, -0.15) is 0 Å². The third-order valence-electron chi connectivity index (χ3n) is 3.80. The zero-order chi connectivity index (χ0) is 14.0. The molecule has 2 amide bonds. The van der Waals surface area contributed by atoms with Crippen LogP contribution >= 0.6 is 0 Å². The predicted molar refractivity (Wildman–Crippen MR) is 71.4 cm³/mol. The molecule has 102 valence electrons. The zero-order valence-corrected chi connectivity index (χ0v) is 11.3. The van der Waals surface area contributed by atoms with Crippen LogP contribution in [0.4, 0.5) is 0 Å². The number of likely N-dealkylation sites (tertiary alicyclic amines) is 1. The van der Waals surface area contributed by atoms with Gasteiger partial charge in [0.2, 0.25) is 11.8 Å². The first-order chi connectivity index (χ1) is 8.99. The fraction of sp³-hybridized carbons (Fsp3) is 0.467. The second-order valence-corrected chi connectivity index (χ2v) is 5.25. The fourth-order valence-corrected chi connectivity index (χ4v) is 2.44. The van der Waals surface area contributed by atoms with Crippen LogP contribution in [-0.4, -0.2) is 34.5 Å². The van der Waals surface area contributed by atoms with E-state index in [9.17, 15) is 14.7 Å². The van der Waals surface area contributed by atoms with E-state index in [1.807, 2.05) is 37.3 Å². The number of carbonyl (C=O) groups is 2. The van der Waals surface area contributed by atoms with Crippen LogP contribution in [0.25, 0.3) is 0 Å². The van der Waals surface area contributed by atoms with E-state index in [1.165, 1.54) is 4.90 Å². The number of hydrogen-bond acceptors (Lipinski definition) is 3. The summed E-state index contributed by atoms with van der Waals surface area (Å²) in [6.07, 6.45) is 0.0526. The Kier molecular flexibility index (Phi) is 3.71. The van der Waals surface area contributed by atoms with Gasteiger partial charge in [0.25, 0.3) is 0 Å². The lowest BCUT2D eigenvalue weighted by atomic mass is 9.81. The normalized spacial score (nSPS) is 24.9. The molecular weight excluding hydrogens is 242 g/mol. The van der Waals surface area contributed by atoms with E-state index in [-0.39, 0.29) is 24.8 Å². The molecule has 0 radical (unpaired) electrons. The Morgan fingerprint density at radius 3 is 2.53 bits per heavy atom. The lowest BCUT2D eigenvalue weighted by Gasteiger charge is -2.23. The molecular formula is C15H19NO3. The summed E-state index contributed by atoms with van der Waals surface area (Å²) in [7, 11) is 0. The van der Waals surface area contributed by atoms with Gasteiger partial charge in [-0.15, -0.1) is 0 Å². The minimum Gasteiger partial charge on any atom is -0.391 e. The molecule has 1 fully saturated rings. The highest BCUT2D eigenvalue weighted by Gasteiger charge is 2.49. The van der Waals surface area contributed by atoms with Crippen molar-refractivity contribution in [2.24, 2.45) is 0 Å². The summed E-state index contributed by atoms with van der Waals surface area (Å²) < 4.78 is 0. The second-order valence-electron chi connectivity index (χ2n) is 5.25. The maximum atomic E-state index is 12.5. The van der Waals surface area contributed by atoms with Crippen molar-refractivity contribution in [1.29, 1.82) is 0 Å². The van der Waals surface area contributed by atoms with Gasteiger partial charge in [-0.3, -0.25) is 14.5 Å². The molecule has 4 nitrogen and oxygen atoms in total. The van der Waals surface area contributed by atoms with Gasteiger partial charge in [0.05, 0.1) is 18.1 Å². The number of nitrogens with zero attached hydrogens (tertiary/aromatic N) is 1. The molecule has 0 aliphatic carbocycles. The molecule has 0 spiro atoms. The third-order valence-corrected chi connectivity index (χ3v) is 3.80. The van der Waals surface area contributed by atoms with Crippen molar-refractivity contribution in [3.8, 4) is 0 Å². The number of β-amino-alcohol motifs (C(OH)–C–C–N with tert-alkyl or cyclic N) is 1. The van der Waals surface area contributed by atoms with Gasteiger partial charge in [0.15, 0.2) is 0 Å². The number of benzene rings is 1. The molecule has 2 atom stereocenters. The van der Waals surface area contributed by atoms with Crippen LogP contribution in [-0.2, 0) is 15.0 Å². The Morgan fingerprint density at radius 2 is 1.95 bits per heavy atom.